The van der Waals surface area contributed by atoms with Gasteiger partial charge in [0.2, 0.25) is 5.91 Å². The Morgan fingerprint density at radius 1 is 1.67 bits per heavy atom. The fraction of sp³-hybridized carbons (Fsp3) is 0.417. The third kappa shape index (κ3) is 2.80. The zero-order chi connectivity index (χ0) is 10.5. The maximum Gasteiger partial charge on any atom is 0.249 e. The van der Waals surface area contributed by atoms with E-state index in [0.717, 1.165) is 18.4 Å². The highest BCUT2D eigenvalue weighted by molar-refractivity contribution is 5.80. The second-order valence-electron chi connectivity index (χ2n) is 3.63. The van der Waals surface area contributed by atoms with Crippen LogP contribution in [0.4, 0.5) is 0 Å². The van der Waals surface area contributed by atoms with E-state index in [1.54, 1.807) is 0 Å². The molecule has 1 unspecified atom stereocenters. The minimum absolute atomic E-state index is 0.00338. The molecule has 1 aliphatic heterocycles. The summed E-state index contributed by atoms with van der Waals surface area (Å²) in [7, 11) is 0. The Balaban J connectivity index is 1.80. The zero-order valence-corrected chi connectivity index (χ0v) is 8.53. The van der Waals surface area contributed by atoms with E-state index in [1.807, 2.05) is 24.3 Å². The first-order valence-corrected chi connectivity index (χ1v) is 5.20. The van der Waals surface area contributed by atoms with Crippen LogP contribution in [0.3, 0.4) is 0 Å². The first-order chi connectivity index (χ1) is 7.36. The highest BCUT2D eigenvalue weighted by Gasteiger charge is 2.22. The zero-order valence-electron chi connectivity index (χ0n) is 8.53. The Morgan fingerprint density at radius 3 is 3.27 bits per heavy atom. The van der Waals surface area contributed by atoms with Crippen LogP contribution in [0, 0.1) is 6.07 Å². The van der Waals surface area contributed by atoms with Gasteiger partial charge in [-0.2, -0.15) is 0 Å². The minimum atomic E-state index is -0.238. The average Bonchev–Trinajstić information content (AvgIpc) is 2.81. The molecule has 0 saturated carbocycles. The van der Waals surface area contributed by atoms with Gasteiger partial charge in [-0.1, -0.05) is 18.2 Å². The lowest BCUT2D eigenvalue weighted by Crippen LogP contribution is -2.33. The van der Waals surface area contributed by atoms with Gasteiger partial charge in [0.25, 0.3) is 0 Å². The number of carbonyl (C=O) groups excluding carboxylic acids is 1. The van der Waals surface area contributed by atoms with Gasteiger partial charge in [0, 0.05) is 13.2 Å². The third-order valence-corrected chi connectivity index (χ3v) is 2.46. The Hall–Kier alpha value is -1.35. The molecule has 1 amide bonds. The van der Waals surface area contributed by atoms with Gasteiger partial charge in [0.15, 0.2) is 0 Å². The molecule has 1 fully saturated rings. The van der Waals surface area contributed by atoms with E-state index in [1.165, 1.54) is 0 Å². The van der Waals surface area contributed by atoms with Gasteiger partial charge in [0.1, 0.15) is 6.10 Å². The van der Waals surface area contributed by atoms with Crippen LogP contribution in [0.1, 0.15) is 18.4 Å². The SMILES string of the molecule is O=C(NCc1c[c]ccc1)C1CCCO1. The van der Waals surface area contributed by atoms with E-state index in [9.17, 15) is 4.79 Å². The van der Waals surface area contributed by atoms with Gasteiger partial charge in [0.05, 0.1) is 0 Å². The molecule has 1 atom stereocenters. The van der Waals surface area contributed by atoms with E-state index in [4.69, 9.17) is 4.74 Å². The monoisotopic (exact) mass is 204 g/mol. The largest absolute Gasteiger partial charge is 0.368 e. The molecule has 1 N–H and O–H groups in total. The third-order valence-electron chi connectivity index (χ3n) is 2.46. The first kappa shape index (κ1) is 10.2. The van der Waals surface area contributed by atoms with Crippen molar-refractivity contribution in [2.45, 2.75) is 25.5 Å². The van der Waals surface area contributed by atoms with Crippen LogP contribution in [0.15, 0.2) is 24.3 Å². The van der Waals surface area contributed by atoms with Gasteiger partial charge in [-0.3, -0.25) is 4.79 Å². The van der Waals surface area contributed by atoms with E-state index in [0.29, 0.717) is 13.2 Å². The second kappa shape index (κ2) is 4.94. The van der Waals surface area contributed by atoms with Gasteiger partial charge in [-0.25, -0.2) is 0 Å². The Bertz CT molecular complexity index is 318. The molecule has 3 nitrogen and oxygen atoms in total. The van der Waals surface area contributed by atoms with E-state index in [2.05, 4.69) is 11.4 Å². The van der Waals surface area contributed by atoms with Gasteiger partial charge >= 0.3 is 0 Å². The van der Waals surface area contributed by atoms with Gasteiger partial charge < -0.3 is 10.1 Å². The normalized spacial score (nSPS) is 20.1. The summed E-state index contributed by atoms with van der Waals surface area (Å²) in [5.41, 5.74) is 1.06. The van der Waals surface area contributed by atoms with Gasteiger partial charge in [-0.15, -0.1) is 0 Å². The van der Waals surface area contributed by atoms with Crippen molar-refractivity contribution in [1.29, 1.82) is 0 Å². The van der Waals surface area contributed by atoms with E-state index < -0.39 is 0 Å². The molecular weight excluding hydrogens is 190 g/mol. The molecular formula is C12H14NO2. The van der Waals surface area contributed by atoms with Crippen molar-refractivity contribution in [2.24, 2.45) is 0 Å². The number of hydrogen-bond donors (Lipinski definition) is 1. The van der Waals surface area contributed by atoms with Gasteiger partial charge in [-0.05, 0) is 30.5 Å². The predicted molar refractivity (Wildman–Crippen MR) is 56.1 cm³/mol. The molecule has 79 valence electrons. The molecule has 0 aliphatic carbocycles. The fourth-order valence-corrected chi connectivity index (χ4v) is 1.63. The van der Waals surface area contributed by atoms with Crippen molar-refractivity contribution in [1.82, 2.24) is 5.32 Å². The summed E-state index contributed by atoms with van der Waals surface area (Å²) >= 11 is 0. The minimum Gasteiger partial charge on any atom is -0.368 e. The number of amides is 1. The molecule has 1 aromatic rings. The van der Waals surface area contributed by atoms with Crippen LogP contribution in [-0.4, -0.2) is 18.6 Å². The lowest BCUT2D eigenvalue weighted by Gasteiger charge is -2.09. The van der Waals surface area contributed by atoms with Crippen LogP contribution < -0.4 is 5.32 Å². The molecule has 1 radical (unpaired) electrons. The highest BCUT2D eigenvalue weighted by atomic mass is 16.5. The summed E-state index contributed by atoms with van der Waals surface area (Å²) in [5.74, 6) is -0.00338. The second-order valence-corrected chi connectivity index (χ2v) is 3.63. The summed E-state index contributed by atoms with van der Waals surface area (Å²) in [5, 5.41) is 2.86. The molecule has 0 bridgehead atoms. The van der Waals surface area contributed by atoms with Crippen molar-refractivity contribution in [3.8, 4) is 0 Å². The molecule has 1 saturated heterocycles. The molecule has 2 rings (SSSR count). The van der Waals surface area contributed by atoms with Crippen molar-refractivity contribution in [3.05, 3.63) is 35.9 Å². The summed E-state index contributed by atoms with van der Waals surface area (Å²) in [6.45, 7) is 1.26. The van der Waals surface area contributed by atoms with Crippen LogP contribution >= 0.6 is 0 Å². The molecule has 3 heteroatoms. The standard InChI is InChI=1S/C12H14NO2/c14-12(11-7-4-8-15-11)13-9-10-5-2-1-3-6-10/h1-2,5-6,11H,4,7-9H2,(H,13,14). The highest BCUT2D eigenvalue weighted by Crippen LogP contribution is 2.11. The lowest BCUT2D eigenvalue weighted by molar-refractivity contribution is -0.130. The number of ether oxygens (including phenoxy) is 1. The first-order valence-electron chi connectivity index (χ1n) is 5.20. The molecule has 0 aromatic heterocycles. The van der Waals surface area contributed by atoms with Crippen molar-refractivity contribution >= 4 is 5.91 Å². The molecule has 1 heterocycles. The summed E-state index contributed by atoms with van der Waals surface area (Å²) in [6, 6.07) is 10.6. The van der Waals surface area contributed by atoms with Crippen LogP contribution in [0.5, 0.6) is 0 Å². The van der Waals surface area contributed by atoms with Crippen molar-refractivity contribution in [2.75, 3.05) is 6.61 Å². The Morgan fingerprint density at radius 2 is 2.60 bits per heavy atom. The van der Waals surface area contributed by atoms with Crippen LogP contribution in [0.2, 0.25) is 0 Å². The topological polar surface area (TPSA) is 38.3 Å². The number of rotatable bonds is 3. The summed E-state index contributed by atoms with van der Waals surface area (Å²) < 4.78 is 5.28. The average molecular weight is 204 g/mol. The lowest BCUT2D eigenvalue weighted by atomic mass is 10.2. The Labute approximate surface area is 89.4 Å². The summed E-state index contributed by atoms with van der Waals surface area (Å²) in [4.78, 5) is 11.6. The summed E-state index contributed by atoms with van der Waals surface area (Å²) in [6.07, 6.45) is 1.59. The quantitative estimate of drug-likeness (QED) is 0.805. The molecule has 15 heavy (non-hydrogen) atoms. The Kier molecular flexibility index (Phi) is 3.35. The van der Waals surface area contributed by atoms with Crippen molar-refractivity contribution < 1.29 is 9.53 Å². The molecule has 0 spiro atoms. The van der Waals surface area contributed by atoms with Crippen LogP contribution in [-0.2, 0) is 16.1 Å². The molecule has 1 aromatic carbocycles. The number of carbonyl (C=O) groups is 1. The maximum atomic E-state index is 11.6. The molecule has 1 aliphatic rings. The van der Waals surface area contributed by atoms with E-state index >= 15 is 0 Å². The number of benzene rings is 1. The smallest absolute Gasteiger partial charge is 0.249 e. The predicted octanol–water partition coefficient (Wildman–Crippen LogP) is 1.28. The fourth-order valence-electron chi connectivity index (χ4n) is 1.63. The van der Waals surface area contributed by atoms with Crippen molar-refractivity contribution in [3.63, 3.8) is 0 Å². The van der Waals surface area contributed by atoms with E-state index in [-0.39, 0.29) is 12.0 Å². The number of hydrogen-bond acceptors (Lipinski definition) is 2. The number of nitrogens with one attached hydrogen (secondary N) is 1. The maximum absolute atomic E-state index is 11.6. The van der Waals surface area contributed by atoms with Crippen LogP contribution in [0.25, 0.3) is 0 Å².